The molecule has 2 aromatic heterocycles. The second-order valence-corrected chi connectivity index (χ2v) is 7.08. The number of thiophene rings is 1. The smallest absolute Gasteiger partial charge is 0.349 e. The SMILES string of the molecule is Cc1ccccc1COc1cc(-n2cnc3cc(F)ccc32)sc1C(=O)O. The lowest BCUT2D eigenvalue weighted by atomic mass is 10.1. The summed E-state index contributed by atoms with van der Waals surface area (Å²) in [5, 5.41) is 10.2. The van der Waals surface area contributed by atoms with Crippen molar-refractivity contribution in [3.05, 3.63) is 76.7 Å². The first kappa shape index (κ1) is 17.2. The van der Waals surface area contributed by atoms with Crippen LogP contribution >= 0.6 is 11.3 Å². The Hall–Kier alpha value is -3.19. The van der Waals surface area contributed by atoms with Crippen LogP contribution < -0.4 is 4.74 Å². The quantitative estimate of drug-likeness (QED) is 0.538. The van der Waals surface area contributed by atoms with Gasteiger partial charge in [0, 0.05) is 12.1 Å². The molecule has 0 aliphatic carbocycles. The van der Waals surface area contributed by atoms with E-state index in [2.05, 4.69) is 4.98 Å². The Balaban J connectivity index is 1.70. The molecule has 136 valence electrons. The highest BCUT2D eigenvalue weighted by Crippen LogP contribution is 2.34. The molecule has 0 radical (unpaired) electrons. The summed E-state index contributed by atoms with van der Waals surface area (Å²) in [6, 6.07) is 13.8. The number of carboxylic acid groups (broad SMARTS) is 1. The first-order valence-electron chi connectivity index (χ1n) is 8.20. The van der Waals surface area contributed by atoms with Gasteiger partial charge in [0.25, 0.3) is 0 Å². The van der Waals surface area contributed by atoms with Gasteiger partial charge in [-0.1, -0.05) is 24.3 Å². The molecule has 0 unspecified atom stereocenters. The second-order valence-electron chi connectivity index (χ2n) is 6.05. The van der Waals surface area contributed by atoms with Crippen LogP contribution in [0.2, 0.25) is 0 Å². The van der Waals surface area contributed by atoms with Crippen molar-refractivity contribution in [1.82, 2.24) is 9.55 Å². The molecular weight excluding hydrogens is 367 g/mol. The molecule has 0 fully saturated rings. The van der Waals surface area contributed by atoms with Crippen LogP contribution in [0.5, 0.6) is 5.75 Å². The number of benzene rings is 2. The van der Waals surface area contributed by atoms with Gasteiger partial charge in [-0.3, -0.25) is 4.57 Å². The average molecular weight is 382 g/mol. The number of rotatable bonds is 5. The number of hydrogen-bond acceptors (Lipinski definition) is 4. The van der Waals surface area contributed by atoms with Crippen molar-refractivity contribution >= 4 is 28.3 Å². The number of imidazole rings is 1. The number of carboxylic acids is 1. The zero-order chi connectivity index (χ0) is 19.0. The minimum atomic E-state index is -1.05. The van der Waals surface area contributed by atoms with Gasteiger partial charge in [-0.05, 0) is 30.2 Å². The van der Waals surface area contributed by atoms with Gasteiger partial charge in [0.2, 0.25) is 0 Å². The fraction of sp³-hybridized carbons (Fsp3) is 0.100. The lowest BCUT2D eigenvalue weighted by Gasteiger charge is -2.07. The number of carbonyl (C=O) groups is 1. The summed E-state index contributed by atoms with van der Waals surface area (Å²) in [4.78, 5) is 15.9. The highest BCUT2D eigenvalue weighted by atomic mass is 32.1. The number of aromatic nitrogens is 2. The van der Waals surface area contributed by atoms with Crippen molar-refractivity contribution in [3.8, 4) is 10.8 Å². The molecule has 2 heterocycles. The molecule has 7 heteroatoms. The maximum atomic E-state index is 13.4. The molecule has 0 bridgehead atoms. The fourth-order valence-corrected chi connectivity index (χ4v) is 3.75. The van der Waals surface area contributed by atoms with E-state index in [9.17, 15) is 14.3 Å². The molecule has 4 rings (SSSR count). The fourth-order valence-electron chi connectivity index (χ4n) is 2.83. The number of halogens is 1. The summed E-state index contributed by atoms with van der Waals surface area (Å²) in [6.07, 6.45) is 1.55. The number of fused-ring (bicyclic) bond motifs is 1. The van der Waals surface area contributed by atoms with E-state index < -0.39 is 5.97 Å². The van der Waals surface area contributed by atoms with Crippen LogP contribution in [-0.4, -0.2) is 20.6 Å². The molecule has 5 nitrogen and oxygen atoms in total. The third-order valence-corrected chi connectivity index (χ3v) is 5.37. The lowest BCUT2D eigenvalue weighted by molar-refractivity contribution is 0.0697. The summed E-state index contributed by atoms with van der Waals surface area (Å²) in [5.74, 6) is -1.12. The molecule has 0 amide bonds. The van der Waals surface area contributed by atoms with Gasteiger partial charge in [0.05, 0.1) is 11.0 Å². The topological polar surface area (TPSA) is 64.4 Å². The van der Waals surface area contributed by atoms with Gasteiger partial charge in [-0.2, -0.15) is 0 Å². The third-order valence-electron chi connectivity index (χ3n) is 4.27. The summed E-state index contributed by atoms with van der Waals surface area (Å²) in [6.45, 7) is 2.26. The zero-order valence-electron chi connectivity index (χ0n) is 14.3. The van der Waals surface area contributed by atoms with E-state index in [1.165, 1.54) is 12.1 Å². The molecule has 0 atom stereocenters. The largest absolute Gasteiger partial charge is 0.487 e. The minimum Gasteiger partial charge on any atom is -0.487 e. The summed E-state index contributed by atoms with van der Waals surface area (Å²) in [5.41, 5.74) is 3.26. The molecule has 0 aliphatic heterocycles. The van der Waals surface area contributed by atoms with Crippen LogP contribution in [0.4, 0.5) is 4.39 Å². The molecule has 27 heavy (non-hydrogen) atoms. The van der Waals surface area contributed by atoms with E-state index in [-0.39, 0.29) is 17.3 Å². The van der Waals surface area contributed by atoms with Crippen molar-refractivity contribution in [2.45, 2.75) is 13.5 Å². The number of aromatic carboxylic acids is 1. The van der Waals surface area contributed by atoms with E-state index in [1.54, 1.807) is 23.0 Å². The first-order chi connectivity index (χ1) is 13.0. The monoisotopic (exact) mass is 382 g/mol. The average Bonchev–Trinajstić information content (AvgIpc) is 3.24. The van der Waals surface area contributed by atoms with Crippen LogP contribution in [0.15, 0.2) is 54.9 Å². The Morgan fingerprint density at radius 1 is 1.26 bits per heavy atom. The third kappa shape index (κ3) is 3.29. The van der Waals surface area contributed by atoms with Gasteiger partial charge >= 0.3 is 5.97 Å². The van der Waals surface area contributed by atoms with Crippen LogP contribution in [-0.2, 0) is 6.61 Å². The number of hydrogen-bond donors (Lipinski definition) is 1. The van der Waals surface area contributed by atoms with Crippen molar-refractivity contribution < 1.29 is 19.0 Å². The summed E-state index contributed by atoms with van der Waals surface area (Å²) >= 11 is 1.09. The van der Waals surface area contributed by atoms with Crippen molar-refractivity contribution in [1.29, 1.82) is 0 Å². The van der Waals surface area contributed by atoms with E-state index in [0.29, 0.717) is 21.8 Å². The highest BCUT2D eigenvalue weighted by Gasteiger charge is 2.19. The Labute approximate surface area is 158 Å². The normalized spacial score (nSPS) is 11.0. The first-order valence-corrected chi connectivity index (χ1v) is 9.02. The van der Waals surface area contributed by atoms with Crippen LogP contribution in [0.1, 0.15) is 20.8 Å². The molecule has 1 N–H and O–H groups in total. The molecular formula is C20H15FN2O3S. The van der Waals surface area contributed by atoms with Crippen LogP contribution in [0.25, 0.3) is 16.0 Å². The van der Waals surface area contributed by atoms with Crippen molar-refractivity contribution in [2.75, 3.05) is 0 Å². The van der Waals surface area contributed by atoms with E-state index in [1.807, 2.05) is 31.2 Å². The van der Waals surface area contributed by atoms with E-state index >= 15 is 0 Å². The summed E-state index contributed by atoms with van der Waals surface area (Å²) < 4.78 is 20.9. The molecule has 0 aliphatic rings. The predicted molar refractivity (Wildman–Crippen MR) is 101 cm³/mol. The van der Waals surface area contributed by atoms with Gasteiger partial charge in [0.1, 0.15) is 29.5 Å². The van der Waals surface area contributed by atoms with Gasteiger partial charge < -0.3 is 9.84 Å². The minimum absolute atomic E-state index is 0.113. The Bertz CT molecular complexity index is 1150. The predicted octanol–water partition coefficient (Wildman–Crippen LogP) is 4.81. The Kier molecular flexibility index (Phi) is 4.37. The second kappa shape index (κ2) is 6.85. The highest BCUT2D eigenvalue weighted by molar-refractivity contribution is 7.16. The number of ether oxygens (including phenoxy) is 1. The van der Waals surface area contributed by atoms with Crippen LogP contribution in [0, 0.1) is 12.7 Å². The maximum Gasteiger partial charge on any atom is 0.349 e. The van der Waals surface area contributed by atoms with E-state index in [0.717, 1.165) is 22.5 Å². The van der Waals surface area contributed by atoms with Gasteiger partial charge in [-0.15, -0.1) is 11.3 Å². The molecule has 0 spiro atoms. The number of nitrogens with zero attached hydrogens (tertiary/aromatic N) is 2. The molecule has 4 aromatic rings. The number of aryl methyl sites for hydroxylation is 1. The van der Waals surface area contributed by atoms with E-state index in [4.69, 9.17) is 4.74 Å². The Morgan fingerprint density at radius 3 is 2.85 bits per heavy atom. The lowest BCUT2D eigenvalue weighted by Crippen LogP contribution is -2.01. The molecule has 0 saturated carbocycles. The van der Waals surface area contributed by atoms with Crippen LogP contribution in [0.3, 0.4) is 0 Å². The molecule has 0 saturated heterocycles. The van der Waals surface area contributed by atoms with Gasteiger partial charge in [-0.25, -0.2) is 14.2 Å². The summed E-state index contributed by atoms with van der Waals surface area (Å²) in [7, 11) is 0. The van der Waals surface area contributed by atoms with Crippen molar-refractivity contribution in [2.24, 2.45) is 0 Å². The zero-order valence-corrected chi connectivity index (χ0v) is 15.2. The maximum absolute atomic E-state index is 13.4. The Morgan fingerprint density at radius 2 is 2.07 bits per heavy atom. The molecule has 2 aromatic carbocycles. The van der Waals surface area contributed by atoms with Gasteiger partial charge in [0.15, 0.2) is 4.88 Å². The standard InChI is InChI=1S/C20H15FN2O3S/c1-12-4-2-3-5-13(12)10-26-17-9-18(27-19(17)20(24)25)23-11-22-15-8-14(21)6-7-16(15)23/h2-9,11H,10H2,1H3,(H,24,25). The van der Waals surface area contributed by atoms with Crippen molar-refractivity contribution in [3.63, 3.8) is 0 Å².